The van der Waals surface area contributed by atoms with Crippen molar-refractivity contribution in [1.82, 2.24) is 14.3 Å². The number of amides is 1. The second-order valence-electron chi connectivity index (χ2n) is 6.39. The molecule has 0 bridgehead atoms. The molecule has 152 valence electrons. The van der Waals surface area contributed by atoms with Crippen LogP contribution in [0.3, 0.4) is 0 Å². The van der Waals surface area contributed by atoms with E-state index < -0.39 is 11.7 Å². The third-order valence-electron chi connectivity index (χ3n) is 4.34. The maximum absolute atomic E-state index is 12.5. The molecule has 1 amide bonds. The zero-order valence-corrected chi connectivity index (χ0v) is 16.1. The fourth-order valence-electron chi connectivity index (χ4n) is 3.02. The average molecular weight is 406 g/mol. The molecule has 2 aromatic carbocycles. The topological polar surface area (TPSA) is 108 Å². The van der Waals surface area contributed by atoms with Crippen LogP contribution in [0.5, 0.6) is 0 Å². The summed E-state index contributed by atoms with van der Waals surface area (Å²) in [5.41, 5.74) is 2.33. The van der Waals surface area contributed by atoms with Gasteiger partial charge in [-0.15, -0.1) is 0 Å². The molecule has 2 heterocycles. The number of rotatable bonds is 6. The van der Waals surface area contributed by atoms with E-state index in [0.717, 1.165) is 0 Å². The predicted molar refractivity (Wildman–Crippen MR) is 109 cm³/mol. The monoisotopic (exact) mass is 406 g/mol. The Labute approximate surface area is 170 Å². The molecule has 0 aliphatic carbocycles. The van der Waals surface area contributed by atoms with E-state index in [1.54, 1.807) is 67.7 Å². The number of hydrogen-bond acceptors (Lipinski definition) is 6. The maximum atomic E-state index is 12.5. The number of anilines is 1. The Morgan fingerprint density at radius 3 is 2.80 bits per heavy atom. The van der Waals surface area contributed by atoms with E-state index in [4.69, 9.17) is 9.15 Å². The van der Waals surface area contributed by atoms with Crippen molar-refractivity contribution in [2.24, 2.45) is 0 Å². The van der Waals surface area contributed by atoms with Crippen LogP contribution in [0.1, 0.15) is 17.4 Å². The fourth-order valence-corrected chi connectivity index (χ4v) is 3.02. The van der Waals surface area contributed by atoms with Crippen molar-refractivity contribution in [3.8, 4) is 5.69 Å². The molecule has 0 saturated carbocycles. The number of oxazole rings is 1. The van der Waals surface area contributed by atoms with E-state index in [1.165, 1.54) is 9.25 Å². The van der Waals surface area contributed by atoms with E-state index in [2.05, 4.69) is 10.4 Å². The van der Waals surface area contributed by atoms with Crippen LogP contribution in [0, 0.1) is 0 Å². The summed E-state index contributed by atoms with van der Waals surface area (Å²) in [5, 5.41) is 6.96. The van der Waals surface area contributed by atoms with Crippen molar-refractivity contribution >= 4 is 28.7 Å². The Morgan fingerprint density at radius 1 is 1.13 bits per heavy atom. The van der Waals surface area contributed by atoms with Crippen LogP contribution >= 0.6 is 0 Å². The number of nitrogens with one attached hydrogen (secondary N) is 1. The smallest absolute Gasteiger partial charge is 0.420 e. The number of fused-ring (bicyclic) bond motifs is 1. The van der Waals surface area contributed by atoms with Crippen LogP contribution in [-0.4, -0.2) is 32.8 Å². The second kappa shape index (κ2) is 8.08. The molecule has 30 heavy (non-hydrogen) atoms. The van der Waals surface area contributed by atoms with Gasteiger partial charge >= 0.3 is 11.7 Å². The SMILES string of the molecule is CCOC(=O)c1ccn(-c2cccc(NC(=O)Cn3c(=O)oc4ccccc43)c2)n1. The van der Waals surface area contributed by atoms with Crippen molar-refractivity contribution in [3.63, 3.8) is 0 Å². The Morgan fingerprint density at radius 2 is 1.97 bits per heavy atom. The number of aromatic nitrogens is 3. The number of ether oxygens (including phenoxy) is 1. The van der Waals surface area contributed by atoms with Gasteiger partial charge in [-0.25, -0.2) is 14.3 Å². The molecule has 9 heteroatoms. The molecule has 0 spiro atoms. The predicted octanol–water partition coefficient (Wildman–Crippen LogP) is 2.60. The van der Waals surface area contributed by atoms with Gasteiger partial charge in [0, 0.05) is 11.9 Å². The quantitative estimate of drug-likeness (QED) is 0.493. The number of nitrogens with zero attached hydrogens (tertiary/aromatic N) is 3. The van der Waals surface area contributed by atoms with Gasteiger partial charge in [-0.3, -0.25) is 9.36 Å². The molecule has 0 fully saturated rings. The minimum Gasteiger partial charge on any atom is -0.461 e. The van der Waals surface area contributed by atoms with Crippen molar-refractivity contribution in [1.29, 1.82) is 0 Å². The van der Waals surface area contributed by atoms with Crippen molar-refractivity contribution in [2.45, 2.75) is 13.5 Å². The largest absolute Gasteiger partial charge is 0.461 e. The standard InChI is InChI=1S/C21H18N4O5/c1-2-29-20(27)16-10-11-25(23-16)15-7-5-6-14(12-15)22-19(26)13-24-17-8-3-4-9-18(17)30-21(24)28/h3-12H,2,13H2,1H3,(H,22,26). The molecule has 1 N–H and O–H groups in total. The number of benzene rings is 2. The first-order chi connectivity index (χ1) is 14.5. The Kier molecular flexibility index (Phi) is 5.17. The van der Waals surface area contributed by atoms with Crippen LogP contribution in [-0.2, 0) is 16.1 Å². The van der Waals surface area contributed by atoms with E-state index in [1.807, 2.05) is 0 Å². The van der Waals surface area contributed by atoms with Gasteiger partial charge in [0.15, 0.2) is 11.3 Å². The van der Waals surface area contributed by atoms with Gasteiger partial charge in [0.2, 0.25) is 5.91 Å². The van der Waals surface area contributed by atoms with Crippen LogP contribution in [0.15, 0.2) is 70.0 Å². The molecule has 0 aliphatic rings. The average Bonchev–Trinajstić information content (AvgIpc) is 3.34. The highest BCUT2D eigenvalue weighted by atomic mass is 16.5. The molecular weight excluding hydrogens is 388 g/mol. The summed E-state index contributed by atoms with van der Waals surface area (Å²) in [6, 6.07) is 15.4. The summed E-state index contributed by atoms with van der Waals surface area (Å²) >= 11 is 0. The van der Waals surface area contributed by atoms with Gasteiger partial charge in [-0.1, -0.05) is 18.2 Å². The Hall–Kier alpha value is -4.14. The highest BCUT2D eigenvalue weighted by Gasteiger charge is 2.14. The lowest BCUT2D eigenvalue weighted by atomic mass is 10.2. The zero-order valence-electron chi connectivity index (χ0n) is 16.1. The molecule has 0 aliphatic heterocycles. The molecular formula is C21H18N4O5. The Bertz CT molecular complexity index is 1280. The summed E-state index contributed by atoms with van der Waals surface area (Å²) in [6.45, 7) is 1.80. The summed E-state index contributed by atoms with van der Waals surface area (Å²) in [6.07, 6.45) is 1.63. The van der Waals surface area contributed by atoms with E-state index in [0.29, 0.717) is 22.5 Å². The number of carbonyl (C=O) groups excluding carboxylic acids is 2. The van der Waals surface area contributed by atoms with Crippen LogP contribution < -0.4 is 11.1 Å². The number of hydrogen-bond donors (Lipinski definition) is 1. The summed E-state index contributed by atoms with van der Waals surface area (Å²) in [4.78, 5) is 36.3. The maximum Gasteiger partial charge on any atom is 0.420 e. The van der Waals surface area contributed by atoms with Crippen LogP contribution in [0.25, 0.3) is 16.8 Å². The normalized spacial score (nSPS) is 10.8. The van der Waals surface area contributed by atoms with Crippen molar-refractivity contribution in [2.75, 3.05) is 11.9 Å². The number of para-hydroxylation sites is 2. The molecule has 0 unspecified atom stereocenters. The summed E-state index contributed by atoms with van der Waals surface area (Å²) in [5.74, 6) is -1.48. The van der Waals surface area contributed by atoms with Crippen LogP contribution in [0.2, 0.25) is 0 Å². The van der Waals surface area contributed by atoms with E-state index >= 15 is 0 Å². The van der Waals surface area contributed by atoms with E-state index in [-0.39, 0.29) is 24.8 Å². The molecule has 2 aromatic heterocycles. The van der Waals surface area contributed by atoms with Gasteiger partial charge in [-0.05, 0) is 43.3 Å². The van der Waals surface area contributed by atoms with Crippen molar-refractivity contribution < 1.29 is 18.7 Å². The van der Waals surface area contributed by atoms with Gasteiger partial charge in [0.25, 0.3) is 0 Å². The fraction of sp³-hybridized carbons (Fsp3) is 0.143. The molecule has 0 radical (unpaired) electrons. The third kappa shape index (κ3) is 3.86. The lowest BCUT2D eigenvalue weighted by Crippen LogP contribution is -2.24. The van der Waals surface area contributed by atoms with Crippen molar-refractivity contribution in [3.05, 3.63) is 77.0 Å². The summed E-state index contributed by atoms with van der Waals surface area (Å²) in [7, 11) is 0. The van der Waals surface area contributed by atoms with E-state index in [9.17, 15) is 14.4 Å². The molecule has 4 aromatic rings. The second-order valence-corrected chi connectivity index (χ2v) is 6.39. The van der Waals surface area contributed by atoms with Crippen LogP contribution in [0.4, 0.5) is 5.69 Å². The number of esters is 1. The lowest BCUT2D eigenvalue weighted by molar-refractivity contribution is -0.116. The molecule has 0 atom stereocenters. The zero-order chi connectivity index (χ0) is 21.1. The van der Waals surface area contributed by atoms with Gasteiger partial charge in [0.1, 0.15) is 6.54 Å². The number of carbonyl (C=O) groups is 2. The lowest BCUT2D eigenvalue weighted by Gasteiger charge is -2.08. The molecule has 4 rings (SSSR count). The van der Waals surface area contributed by atoms with Gasteiger partial charge in [-0.2, -0.15) is 5.10 Å². The molecule has 0 saturated heterocycles. The van der Waals surface area contributed by atoms with Gasteiger partial charge < -0.3 is 14.5 Å². The first-order valence-corrected chi connectivity index (χ1v) is 9.26. The first-order valence-electron chi connectivity index (χ1n) is 9.26. The summed E-state index contributed by atoms with van der Waals surface area (Å²) < 4.78 is 12.9. The third-order valence-corrected chi connectivity index (χ3v) is 4.34. The highest BCUT2D eigenvalue weighted by molar-refractivity contribution is 5.91. The first kappa shape index (κ1) is 19.2. The minimum atomic E-state index is -0.594. The minimum absolute atomic E-state index is 0.186. The molecule has 9 nitrogen and oxygen atoms in total. The highest BCUT2D eigenvalue weighted by Crippen LogP contribution is 2.16. The van der Waals surface area contributed by atoms with Gasteiger partial charge in [0.05, 0.1) is 17.8 Å². The Balaban J connectivity index is 1.50.